The van der Waals surface area contributed by atoms with Crippen molar-refractivity contribution in [3.63, 3.8) is 0 Å². The molecule has 2 aliphatic carbocycles. The molecular weight excluding hydrogens is 412 g/mol. The molecule has 160 valence electrons. The molecule has 0 saturated heterocycles. The van der Waals surface area contributed by atoms with Crippen LogP contribution in [-0.2, 0) is 6.42 Å². The van der Waals surface area contributed by atoms with Gasteiger partial charge in [0, 0.05) is 16.2 Å². The Balaban J connectivity index is 1.32. The van der Waals surface area contributed by atoms with E-state index >= 15 is 0 Å². The molecule has 5 heteroatoms. The maximum absolute atomic E-state index is 6.37. The molecule has 2 aromatic carbocycles. The van der Waals surface area contributed by atoms with Crippen LogP contribution in [0.15, 0.2) is 48.5 Å². The highest BCUT2D eigenvalue weighted by Crippen LogP contribution is 2.34. The Kier molecular flexibility index (Phi) is 7.16. The lowest BCUT2D eigenvalue weighted by Gasteiger charge is -2.32. The maximum atomic E-state index is 6.37. The predicted molar refractivity (Wildman–Crippen MR) is 130 cm³/mol. The Bertz CT molecular complexity index is 842. The first-order chi connectivity index (χ1) is 14.6. The van der Waals surface area contributed by atoms with Crippen LogP contribution in [0.5, 0.6) is 5.75 Å². The van der Waals surface area contributed by atoms with Crippen LogP contribution in [0.4, 0.5) is 5.69 Å². The molecule has 2 N–H and O–H groups in total. The zero-order chi connectivity index (χ0) is 20.8. The molecule has 30 heavy (non-hydrogen) atoms. The second-order valence-corrected chi connectivity index (χ2v) is 9.52. The molecule has 0 radical (unpaired) electrons. The van der Waals surface area contributed by atoms with Gasteiger partial charge < -0.3 is 15.4 Å². The number of hydrogen-bond donors (Lipinski definition) is 2. The van der Waals surface area contributed by atoms with Gasteiger partial charge in [-0.1, -0.05) is 42.6 Å². The van der Waals surface area contributed by atoms with Gasteiger partial charge in [0.25, 0.3) is 0 Å². The summed E-state index contributed by atoms with van der Waals surface area (Å²) >= 11 is 12.0. The van der Waals surface area contributed by atoms with Crippen molar-refractivity contribution in [3.8, 4) is 5.75 Å². The molecule has 0 amide bonds. The van der Waals surface area contributed by atoms with Crippen molar-refractivity contribution in [1.29, 1.82) is 0 Å². The average Bonchev–Trinajstić information content (AvgIpc) is 3.41. The van der Waals surface area contributed by atoms with Crippen molar-refractivity contribution in [2.24, 2.45) is 0 Å². The van der Waals surface area contributed by atoms with Crippen LogP contribution in [0, 0.1) is 0 Å². The van der Waals surface area contributed by atoms with E-state index in [9.17, 15) is 0 Å². The molecule has 0 heterocycles. The number of ether oxygens (including phenoxy) is 1. The third-order valence-corrected chi connectivity index (χ3v) is 7.06. The summed E-state index contributed by atoms with van der Waals surface area (Å²) in [5, 5.41) is 8.56. The van der Waals surface area contributed by atoms with Crippen LogP contribution in [0.25, 0.3) is 0 Å². The highest BCUT2D eigenvalue weighted by atomic mass is 35.5. The second-order valence-electron chi connectivity index (χ2n) is 8.71. The van der Waals surface area contributed by atoms with Gasteiger partial charge in [0.1, 0.15) is 5.75 Å². The molecule has 0 spiro atoms. The smallest absolute Gasteiger partial charge is 0.171 e. The molecule has 2 fully saturated rings. The Hall–Kier alpha value is -1.78. The summed E-state index contributed by atoms with van der Waals surface area (Å²) in [7, 11) is 0. The zero-order valence-electron chi connectivity index (χ0n) is 17.5. The van der Waals surface area contributed by atoms with Gasteiger partial charge in [-0.05, 0) is 99.5 Å². The lowest BCUT2D eigenvalue weighted by Crippen LogP contribution is -2.48. The van der Waals surface area contributed by atoms with Gasteiger partial charge in [0.15, 0.2) is 5.11 Å². The van der Waals surface area contributed by atoms with E-state index in [1.165, 1.54) is 44.1 Å². The average molecular weight is 443 g/mol. The van der Waals surface area contributed by atoms with E-state index in [2.05, 4.69) is 22.8 Å². The molecule has 0 aromatic heterocycles. The Morgan fingerprint density at radius 1 is 1.00 bits per heavy atom. The van der Waals surface area contributed by atoms with Crippen LogP contribution in [0.2, 0.25) is 5.02 Å². The van der Waals surface area contributed by atoms with E-state index in [1.54, 1.807) is 0 Å². The third kappa shape index (κ3) is 5.67. The standard InChI is InChI=1S/C25H31ClN2OS/c26-23-10-4-1-7-19(23)15-18-25(16-5-6-17-25)28-24(30)27-20-11-13-22(14-12-20)29-21-8-2-3-9-21/h1,4,7,10-14,21H,2-3,5-6,8-9,15-18H2,(H2,27,28,30). The summed E-state index contributed by atoms with van der Waals surface area (Å²) in [6, 6.07) is 16.3. The van der Waals surface area contributed by atoms with Crippen molar-refractivity contribution >= 4 is 34.6 Å². The number of aryl methyl sites for hydroxylation is 1. The van der Waals surface area contributed by atoms with E-state index in [0.717, 1.165) is 42.1 Å². The minimum absolute atomic E-state index is 0.0504. The molecule has 2 aliphatic rings. The van der Waals surface area contributed by atoms with Gasteiger partial charge in [-0.3, -0.25) is 0 Å². The topological polar surface area (TPSA) is 33.3 Å². The molecule has 0 unspecified atom stereocenters. The van der Waals surface area contributed by atoms with Crippen molar-refractivity contribution < 1.29 is 4.74 Å². The predicted octanol–water partition coefficient (Wildman–Crippen LogP) is 6.89. The zero-order valence-corrected chi connectivity index (χ0v) is 19.0. The van der Waals surface area contributed by atoms with E-state index in [1.807, 2.05) is 36.4 Å². The van der Waals surface area contributed by atoms with Crippen molar-refractivity contribution in [1.82, 2.24) is 5.32 Å². The van der Waals surface area contributed by atoms with Crippen LogP contribution >= 0.6 is 23.8 Å². The first-order valence-electron chi connectivity index (χ1n) is 11.2. The monoisotopic (exact) mass is 442 g/mol. The van der Waals surface area contributed by atoms with Crippen LogP contribution in [0.3, 0.4) is 0 Å². The number of halogens is 1. The van der Waals surface area contributed by atoms with E-state index in [0.29, 0.717) is 11.2 Å². The molecule has 0 aliphatic heterocycles. The molecular formula is C25H31ClN2OS. The minimum Gasteiger partial charge on any atom is -0.490 e. The van der Waals surface area contributed by atoms with E-state index in [4.69, 9.17) is 28.6 Å². The summed E-state index contributed by atoms with van der Waals surface area (Å²) < 4.78 is 6.06. The highest BCUT2D eigenvalue weighted by molar-refractivity contribution is 7.80. The van der Waals surface area contributed by atoms with E-state index < -0.39 is 0 Å². The van der Waals surface area contributed by atoms with Crippen molar-refractivity contribution in [3.05, 3.63) is 59.1 Å². The SMILES string of the molecule is S=C(Nc1ccc(OC2CCCC2)cc1)NC1(CCc2ccccc2Cl)CCCC1. The number of hydrogen-bond acceptors (Lipinski definition) is 2. The van der Waals surface area contributed by atoms with E-state index in [-0.39, 0.29) is 5.54 Å². The molecule has 4 rings (SSSR count). The summed E-state index contributed by atoms with van der Waals surface area (Å²) in [5.41, 5.74) is 2.25. The van der Waals surface area contributed by atoms with Gasteiger partial charge in [0.05, 0.1) is 6.10 Å². The van der Waals surface area contributed by atoms with Gasteiger partial charge in [-0.15, -0.1) is 0 Å². The van der Waals surface area contributed by atoms with Gasteiger partial charge >= 0.3 is 0 Å². The summed E-state index contributed by atoms with van der Waals surface area (Å²) in [4.78, 5) is 0. The van der Waals surface area contributed by atoms with Gasteiger partial charge in [-0.2, -0.15) is 0 Å². The fraction of sp³-hybridized carbons (Fsp3) is 0.480. The third-order valence-electron chi connectivity index (χ3n) is 6.49. The first kappa shape index (κ1) is 21.5. The van der Waals surface area contributed by atoms with Gasteiger partial charge in [-0.25, -0.2) is 0 Å². The maximum Gasteiger partial charge on any atom is 0.171 e. The largest absolute Gasteiger partial charge is 0.490 e. The molecule has 3 nitrogen and oxygen atoms in total. The molecule has 0 atom stereocenters. The number of nitrogens with one attached hydrogen (secondary N) is 2. The first-order valence-corrected chi connectivity index (χ1v) is 12.0. The summed E-state index contributed by atoms with van der Waals surface area (Å²) in [6.07, 6.45) is 12.1. The Labute approximate surface area is 190 Å². The second kappa shape index (κ2) is 10.0. The van der Waals surface area contributed by atoms with Crippen LogP contribution in [0.1, 0.15) is 63.4 Å². The van der Waals surface area contributed by atoms with Crippen LogP contribution in [-0.4, -0.2) is 16.8 Å². The summed E-state index contributed by atoms with van der Waals surface area (Å²) in [6.45, 7) is 0. The quantitative estimate of drug-likeness (QED) is 0.457. The number of rotatable bonds is 7. The van der Waals surface area contributed by atoms with Crippen molar-refractivity contribution in [2.75, 3.05) is 5.32 Å². The fourth-order valence-electron chi connectivity index (χ4n) is 4.78. The molecule has 2 saturated carbocycles. The number of anilines is 1. The summed E-state index contributed by atoms with van der Waals surface area (Å²) in [5.74, 6) is 0.943. The molecule has 2 aromatic rings. The number of benzene rings is 2. The highest BCUT2D eigenvalue weighted by Gasteiger charge is 2.34. The van der Waals surface area contributed by atoms with Gasteiger partial charge in [0.2, 0.25) is 0 Å². The minimum atomic E-state index is 0.0504. The Morgan fingerprint density at radius 2 is 1.70 bits per heavy atom. The van der Waals surface area contributed by atoms with Crippen LogP contribution < -0.4 is 15.4 Å². The van der Waals surface area contributed by atoms with Crippen molar-refractivity contribution in [2.45, 2.75) is 75.9 Å². The lowest BCUT2D eigenvalue weighted by atomic mass is 9.89. The lowest BCUT2D eigenvalue weighted by molar-refractivity contribution is 0.210. The number of thiocarbonyl (C=S) groups is 1. The fourth-order valence-corrected chi connectivity index (χ4v) is 5.35. The molecule has 0 bridgehead atoms. The Morgan fingerprint density at radius 3 is 2.40 bits per heavy atom. The normalized spacial score (nSPS) is 18.3.